The second-order valence-electron chi connectivity index (χ2n) is 4.75. The summed E-state index contributed by atoms with van der Waals surface area (Å²) in [5.74, 6) is -0.538. The van der Waals surface area contributed by atoms with Gasteiger partial charge in [0.25, 0.3) is 5.91 Å². The first-order chi connectivity index (χ1) is 10.9. The summed E-state index contributed by atoms with van der Waals surface area (Å²) in [4.78, 5) is 12.3. The van der Waals surface area contributed by atoms with Gasteiger partial charge in [0.15, 0.2) is 0 Å². The van der Waals surface area contributed by atoms with Gasteiger partial charge in [-0.25, -0.2) is 0 Å². The normalized spacial score (nSPS) is 11.0. The second kappa shape index (κ2) is 7.52. The third kappa shape index (κ3) is 4.49. The predicted molar refractivity (Wildman–Crippen MR) is 94.9 cm³/mol. The fourth-order valence-electron chi connectivity index (χ4n) is 1.84. The zero-order valence-electron chi connectivity index (χ0n) is 12.0. The van der Waals surface area contributed by atoms with E-state index in [0.717, 1.165) is 5.56 Å². The highest BCUT2D eigenvalue weighted by Gasteiger charge is 2.12. The highest BCUT2D eigenvalue weighted by atomic mass is 35.5. The molecule has 6 heteroatoms. The number of hydrogen-bond donors (Lipinski definition) is 1. The molecule has 0 fully saturated rings. The molecule has 0 unspecified atom stereocenters. The molecule has 2 aromatic rings. The van der Waals surface area contributed by atoms with Crippen molar-refractivity contribution in [3.05, 3.63) is 68.2 Å². The second-order valence-corrected chi connectivity index (χ2v) is 6.03. The summed E-state index contributed by atoms with van der Waals surface area (Å²) < 4.78 is 0. The molecule has 3 nitrogen and oxygen atoms in total. The van der Waals surface area contributed by atoms with E-state index >= 15 is 0 Å². The van der Waals surface area contributed by atoms with Crippen LogP contribution in [-0.2, 0) is 4.79 Å². The molecule has 0 saturated carbocycles. The average molecular weight is 366 g/mol. The third-order valence-corrected chi connectivity index (χ3v) is 3.87. The van der Waals surface area contributed by atoms with E-state index in [9.17, 15) is 10.1 Å². The Morgan fingerprint density at radius 1 is 1.13 bits per heavy atom. The summed E-state index contributed by atoms with van der Waals surface area (Å²) in [6, 6.07) is 11.8. The number of nitriles is 1. The number of hydrogen-bond acceptors (Lipinski definition) is 2. The van der Waals surface area contributed by atoms with E-state index < -0.39 is 5.91 Å². The number of aryl methyl sites for hydroxylation is 1. The Balaban J connectivity index is 2.30. The van der Waals surface area contributed by atoms with Gasteiger partial charge in [-0.05, 0) is 48.4 Å². The summed E-state index contributed by atoms with van der Waals surface area (Å²) in [6.07, 6.45) is 1.41. The lowest BCUT2D eigenvalue weighted by molar-refractivity contribution is -0.112. The summed E-state index contributed by atoms with van der Waals surface area (Å²) in [6.45, 7) is 1.83. The Morgan fingerprint density at radius 3 is 2.43 bits per heavy atom. The quantitative estimate of drug-likeness (QED) is 0.576. The molecule has 116 valence electrons. The summed E-state index contributed by atoms with van der Waals surface area (Å²) in [5.41, 5.74) is 1.84. The molecule has 1 amide bonds. The van der Waals surface area contributed by atoms with Crippen LogP contribution < -0.4 is 5.32 Å². The number of benzene rings is 2. The van der Waals surface area contributed by atoms with Gasteiger partial charge in [0.1, 0.15) is 11.6 Å². The van der Waals surface area contributed by atoms with Crippen molar-refractivity contribution in [2.24, 2.45) is 0 Å². The molecule has 0 saturated heterocycles. The Labute approximate surface area is 149 Å². The zero-order valence-corrected chi connectivity index (χ0v) is 14.3. The van der Waals surface area contributed by atoms with Crippen LogP contribution in [0.15, 0.2) is 42.0 Å². The standard InChI is InChI=1S/C17H11Cl3N2O/c1-10-2-4-14(19)8-16(10)22-17(23)12(9-21)6-11-3-5-13(18)7-15(11)20/h2-8H,1H3,(H,22,23)/b12-6+. The van der Waals surface area contributed by atoms with Gasteiger partial charge in [0, 0.05) is 20.8 Å². The van der Waals surface area contributed by atoms with Crippen molar-refractivity contribution >= 4 is 52.5 Å². The van der Waals surface area contributed by atoms with Crippen molar-refractivity contribution in [2.75, 3.05) is 5.32 Å². The minimum Gasteiger partial charge on any atom is -0.321 e. The molecule has 0 bridgehead atoms. The predicted octanol–water partition coefficient (Wildman–Crippen LogP) is 5.50. The van der Waals surface area contributed by atoms with Crippen molar-refractivity contribution in [3.8, 4) is 6.07 Å². The van der Waals surface area contributed by atoms with Crippen LogP contribution in [-0.4, -0.2) is 5.91 Å². The first-order valence-corrected chi connectivity index (χ1v) is 7.68. The molecule has 0 atom stereocenters. The minimum atomic E-state index is -0.538. The van der Waals surface area contributed by atoms with Crippen LogP contribution in [0.5, 0.6) is 0 Å². The number of halogens is 3. The maximum Gasteiger partial charge on any atom is 0.266 e. The maximum atomic E-state index is 12.3. The number of rotatable bonds is 3. The van der Waals surface area contributed by atoms with Crippen LogP contribution in [0.4, 0.5) is 5.69 Å². The summed E-state index contributed by atoms with van der Waals surface area (Å²) in [5, 5.41) is 13.2. The number of nitrogens with one attached hydrogen (secondary N) is 1. The van der Waals surface area contributed by atoms with Crippen LogP contribution in [0.3, 0.4) is 0 Å². The molecular formula is C17H11Cl3N2O. The van der Waals surface area contributed by atoms with Gasteiger partial charge in [-0.15, -0.1) is 0 Å². The lowest BCUT2D eigenvalue weighted by Crippen LogP contribution is -2.14. The molecule has 0 spiro atoms. The van der Waals surface area contributed by atoms with E-state index in [1.807, 2.05) is 13.0 Å². The fourth-order valence-corrected chi connectivity index (χ4v) is 2.48. The Hall–Kier alpha value is -1.99. The third-order valence-electron chi connectivity index (χ3n) is 3.08. The van der Waals surface area contributed by atoms with Gasteiger partial charge in [0.05, 0.1) is 0 Å². The molecule has 0 aromatic heterocycles. The number of carbonyl (C=O) groups excluding carboxylic acids is 1. The van der Waals surface area contributed by atoms with E-state index in [-0.39, 0.29) is 5.57 Å². The van der Waals surface area contributed by atoms with Gasteiger partial charge in [-0.2, -0.15) is 5.26 Å². The molecule has 2 rings (SSSR count). The van der Waals surface area contributed by atoms with Crippen molar-refractivity contribution in [1.82, 2.24) is 0 Å². The highest BCUT2D eigenvalue weighted by molar-refractivity contribution is 6.35. The van der Waals surface area contributed by atoms with E-state index in [4.69, 9.17) is 34.8 Å². The lowest BCUT2D eigenvalue weighted by atomic mass is 10.1. The Morgan fingerprint density at radius 2 is 1.78 bits per heavy atom. The van der Waals surface area contributed by atoms with Gasteiger partial charge >= 0.3 is 0 Å². The number of anilines is 1. The lowest BCUT2D eigenvalue weighted by Gasteiger charge is -2.08. The minimum absolute atomic E-state index is 0.0754. The van der Waals surface area contributed by atoms with Crippen LogP contribution in [0.25, 0.3) is 6.08 Å². The van der Waals surface area contributed by atoms with E-state index in [2.05, 4.69) is 5.32 Å². The largest absolute Gasteiger partial charge is 0.321 e. The van der Waals surface area contributed by atoms with Crippen molar-refractivity contribution in [3.63, 3.8) is 0 Å². The van der Waals surface area contributed by atoms with E-state index in [1.165, 1.54) is 6.08 Å². The van der Waals surface area contributed by atoms with E-state index in [0.29, 0.717) is 26.3 Å². The van der Waals surface area contributed by atoms with Crippen LogP contribution in [0.2, 0.25) is 15.1 Å². The summed E-state index contributed by atoms with van der Waals surface area (Å²) in [7, 11) is 0. The molecule has 0 heterocycles. The number of nitrogens with zero attached hydrogens (tertiary/aromatic N) is 1. The maximum absolute atomic E-state index is 12.3. The van der Waals surface area contributed by atoms with Crippen LogP contribution in [0, 0.1) is 18.3 Å². The molecule has 0 aliphatic heterocycles. The van der Waals surface area contributed by atoms with Crippen LogP contribution in [0.1, 0.15) is 11.1 Å². The number of amides is 1. The fraction of sp³-hybridized carbons (Fsp3) is 0.0588. The van der Waals surface area contributed by atoms with Gasteiger partial charge in [0.2, 0.25) is 0 Å². The molecule has 0 aliphatic rings. The average Bonchev–Trinajstić information content (AvgIpc) is 2.50. The molecule has 0 radical (unpaired) electrons. The summed E-state index contributed by atoms with van der Waals surface area (Å²) >= 11 is 17.8. The van der Waals surface area contributed by atoms with Gasteiger partial charge in [-0.3, -0.25) is 4.79 Å². The molecule has 23 heavy (non-hydrogen) atoms. The molecular weight excluding hydrogens is 355 g/mol. The molecule has 2 aromatic carbocycles. The first kappa shape index (κ1) is 17.4. The van der Waals surface area contributed by atoms with Crippen LogP contribution >= 0.6 is 34.8 Å². The van der Waals surface area contributed by atoms with Crippen molar-refractivity contribution in [2.45, 2.75) is 6.92 Å². The number of carbonyl (C=O) groups is 1. The highest BCUT2D eigenvalue weighted by Crippen LogP contribution is 2.24. The van der Waals surface area contributed by atoms with E-state index in [1.54, 1.807) is 36.4 Å². The van der Waals surface area contributed by atoms with Gasteiger partial charge in [-0.1, -0.05) is 46.9 Å². The van der Waals surface area contributed by atoms with Crippen molar-refractivity contribution in [1.29, 1.82) is 5.26 Å². The monoisotopic (exact) mass is 364 g/mol. The van der Waals surface area contributed by atoms with Gasteiger partial charge < -0.3 is 5.32 Å². The topological polar surface area (TPSA) is 52.9 Å². The first-order valence-electron chi connectivity index (χ1n) is 6.55. The zero-order chi connectivity index (χ0) is 17.0. The Bertz CT molecular complexity index is 838. The Kier molecular flexibility index (Phi) is 5.68. The molecule has 0 aliphatic carbocycles. The smallest absolute Gasteiger partial charge is 0.266 e. The van der Waals surface area contributed by atoms with Crippen molar-refractivity contribution < 1.29 is 4.79 Å². The molecule has 1 N–H and O–H groups in total. The SMILES string of the molecule is Cc1ccc(Cl)cc1NC(=O)/C(C#N)=C/c1ccc(Cl)cc1Cl.